The molecule has 0 amide bonds. The molecule has 0 aromatic heterocycles. The maximum absolute atomic E-state index is 6.29. The van der Waals surface area contributed by atoms with Gasteiger partial charge >= 0.3 is 8.56 Å². The first-order chi connectivity index (χ1) is 8.37. The summed E-state index contributed by atoms with van der Waals surface area (Å²) in [6.07, 6.45) is 1.64. The highest BCUT2D eigenvalue weighted by atomic mass is 28.4. The van der Waals surface area contributed by atoms with Crippen molar-refractivity contribution >= 4 is 8.56 Å². The Bertz CT molecular complexity index is 234. The first-order valence-corrected chi connectivity index (χ1v) is 9.53. The summed E-state index contributed by atoms with van der Waals surface area (Å²) < 4.78 is 18.0. The highest BCUT2D eigenvalue weighted by molar-refractivity contribution is 6.67. The first-order valence-electron chi connectivity index (χ1n) is 7.30. The highest BCUT2D eigenvalue weighted by Crippen LogP contribution is 2.42. The molecule has 108 valence electrons. The molecule has 0 spiro atoms. The lowest BCUT2D eigenvalue weighted by Crippen LogP contribution is -2.54. The molecule has 1 saturated heterocycles. The molecule has 0 unspecified atom stereocenters. The SMILES string of the molecule is CCC1(C[Si](CC)(OC(C)C)OC(C)C)COC1. The second-order valence-corrected chi connectivity index (χ2v) is 9.47. The number of ether oxygens (including phenoxy) is 1. The molecule has 0 N–H and O–H groups in total. The van der Waals surface area contributed by atoms with Gasteiger partial charge in [0.1, 0.15) is 0 Å². The Morgan fingerprint density at radius 1 is 1.06 bits per heavy atom. The van der Waals surface area contributed by atoms with Crippen LogP contribution in [0.4, 0.5) is 0 Å². The van der Waals surface area contributed by atoms with Gasteiger partial charge in [-0.3, -0.25) is 0 Å². The minimum Gasteiger partial charge on any atom is -0.392 e. The summed E-state index contributed by atoms with van der Waals surface area (Å²) in [4.78, 5) is 0. The largest absolute Gasteiger partial charge is 0.392 e. The summed E-state index contributed by atoms with van der Waals surface area (Å²) in [6, 6.07) is 2.09. The zero-order valence-electron chi connectivity index (χ0n) is 12.9. The van der Waals surface area contributed by atoms with Crippen molar-refractivity contribution < 1.29 is 13.6 Å². The lowest BCUT2D eigenvalue weighted by molar-refractivity contribution is -0.109. The van der Waals surface area contributed by atoms with Crippen LogP contribution in [0.15, 0.2) is 0 Å². The molecule has 1 fully saturated rings. The van der Waals surface area contributed by atoms with Gasteiger partial charge in [0.05, 0.1) is 13.2 Å². The fourth-order valence-corrected chi connectivity index (χ4v) is 6.78. The highest BCUT2D eigenvalue weighted by Gasteiger charge is 2.49. The molecule has 1 rings (SSSR count). The Morgan fingerprint density at radius 2 is 1.56 bits per heavy atom. The van der Waals surface area contributed by atoms with Gasteiger partial charge < -0.3 is 13.6 Å². The average Bonchev–Trinajstić information content (AvgIpc) is 2.21. The maximum Gasteiger partial charge on any atom is 0.339 e. The average molecular weight is 274 g/mol. The third-order valence-corrected chi connectivity index (χ3v) is 7.82. The Balaban J connectivity index is 2.80. The van der Waals surface area contributed by atoms with E-state index >= 15 is 0 Å². The molecule has 4 heteroatoms. The van der Waals surface area contributed by atoms with Crippen molar-refractivity contribution in [2.45, 2.75) is 72.3 Å². The van der Waals surface area contributed by atoms with Crippen LogP contribution in [0.1, 0.15) is 48.0 Å². The van der Waals surface area contributed by atoms with Gasteiger partial charge in [-0.15, -0.1) is 0 Å². The van der Waals surface area contributed by atoms with Gasteiger partial charge in [-0.05, 0) is 40.2 Å². The molecule has 0 atom stereocenters. The first kappa shape index (κ1) is 16.2. The topological polar surface area (TPSA) is 27.7 Å². The van der Waals surface area contributed by atoms with Crippen LogP contribution in [-0.4, -0.2) is 34.0 Å². The Hall–Kier alpha value is 0.0969. The van der Waals surface area contributed by atoms with Crippen LogP contribution in [0.3, 0.4) is 0 Å². The van der Waals surface area contributed by atoms with Crippen LogP contribution in [-0.2, 0) is 13.6 Å². The van der Waals surface area contributed by atoms with E-state index < -0.39 is 8.56 Å². The smallest absolute Gasteiger partial charge is 0.339 e. The minimum absolute atomic E-state index is 0.241. The van der Waals surface area contributed by atoms with E-state index in [2.05, 4.69) is 41.5 Å². The van der Waals surface area contributed by atoms with Crippen LogP contribution in [0.5, 0.6) is 0 Å². The lowest BCUT2D eigenvalue weighted by Gasteiger charge is -2.46. The molecule has 0 radical (unpaired) electrons. The predicted octanol–water partition coefficient (Wildman–Crippen LogP) is 3.73. The molecule has 0 aliphatic carbocycles. The minimum atomic E-state index is -2.10. The van der Waals surface area contributed by atoms with Crippen molar-refractivity contribution in [2.75, 3.05) is 13.2 Å². The zero-order valence-corrected chi connectivity index (χ0v) is 13.9. The summed E-state index contributed by atoms with van der Waals surface area (Å²) in [6.45, 7) is 14.6. The number of rotatable bonds is 8. The predicted molar refractivity (Wildman–Crippen MR) is 77.0 cm³/mol. The molecule has 0 saturated carbocycles. The molecule has 0 aromatic carbocycles. The molecule has 1 aliphatic rings. The van der Waals surface area contributed by atoms with Crippen LogP contribution in [0.25, 0.3) is 0 Å². The van der Waals surface area contributed by atoms with Crippen molar-refractivity contribution in [3.63, 3.8) is 0 Å². The molecular formula is C14H30O3Si. The van der Waals surface area contributed by atoms with E-state index in [4.69, 9.17) is 13.6 Å². The quantitative estimate of drug-likeness (QED) is 0.631. The summed E-state index contributed by atoms with van der Waals surface area (Å²) in [7, 11) is -2.10. The van der Waals surface area contributed by atoms with Gasteiger partial charge in [-0.1, -0.05) is 13.8 Å². The molecule has 3 nitrogen and oxygen atoms in total. The Labute approximate surface area is 113 Å². The normalized spacial score (nSPS) is 19.3. The molecule has 0 bridgehead atoms. The standard InChI is InChI=1S/C14H30O3Si/c1-7-14(9-15-10-14)11-18(8-2,16-12(3)4)17-13(5)6/h12-13H,7-11H2,1-6H3. The molecule has 1 aliphatic heterocycles. The fourth-order valence-electron chi connectivity index (χ4n) is 2.66. The molecule has 1 heterocycles. The van der Waals surface area contributed by atoms with Gasteiger partial charge in [-0.2, -0.15) is 0 Å². The number of hydrogen-bond donors (Lipinski definition) is 0. The zero-order chi connectivity index (χ0) is 13.8. The summed E-state index contributed by atoms with van der Waals surface area (Å²) in [5.41, 5.74) is 0.312. The monoisotopic (exact) mass is 274 g/mol. The molecular weight excluding hydrogens is 244 g/mol. The summed E-state index contributed by atoms with van der Waals surface area (Å²) >= 11 is 0. The van der Waals surface area contributed by atoms with Gasteiger partial charge in [0.25, 0.3) is 0 Å². The fraction of sp³-hybridized carbons (Fsp3) is 1.00. The third kappa shape index (κ3) is 4.05. The Morgan fingerprint density at radius 3 is 1.78 bits per heavy atom. The van der Waals surface area contributed by atoms with Crippen LogP contribution < -0.4 is 0 Å². The second kappa shape index (κ2) is 6.50. The van der Waals surface area contributed by atoms with Gasteiger partial charge in [0, 0.05) is 23.7 Å². The van der Waals surface area contributed by atoms with E-state index in [9.17, 15) is 0 Å². The van der Waals surface area contributed by atoms with E-state index in [1.165, 1.54) is 0 Å². The van der Waals surface area contributed by atoms with Crippen molar-refractivity contribution in [1.29, 1.82) is 0 Å². The third-order valence-electron chi connectivity index (χ3n) is 3.65. The van der Waals surface area contributed by atoms with Crippen molar-refractivity contribution in [3.05, 3.63) is 0 Å². The van der Waals surface area contributed by atoms with E-state index in [0.29, 0.717) is 5.41 Å². The van der Waals surface area contributed by atoms with Crippen LogP contribution >= 0.6 is 0 Å². The van der Waals surface area contributed by atoms with Crippen LogP contribution in [0, 0.1) is 5.41 Å². The van der Waals surface area contributed by atoms with Crippen LogP contribution in [0.2, 0.25) is 12.1 Å². The van der Waals surface area contributed by atoms with E-state index in [0.717, 1.165) is 31.7 Å². The van der Waals surface area contributed by atoms with Crippen molar-refractivity contribution in [3.8, 4) is 0 Å². The van der Waals surface area contributed by atoms with Gasteiger partial charge in [0.2, 0.25) is 0 Å². The van der Waals surface area contributed by atoms with E-state index in [-0.39, 0.29) is 12.2 Å². The Kier molecular flexibility index (Phi) is 5.84. The summed E-state index contributed by atoms with van der Waals surface area (Å²) in [5, 5.41) is 0. The van der Waals surface area contributed by atoms with Crippen molar-refractivity contribution in [1.82, 2.24) is 0 Å². The van der Waals surface area contributed by atoms with E-state index in [1.54, 1.807) is 0 Å². The van der Waals surface area contributed by atoms with Gasteiger partial charge in [0.15, 0.2) is 0 Å². The maximum atomic E-state index is 6.29. The molecule has 18 heavy (non-hydrogen) atoms. The number of hydrogen-bond acceptors (Lipinski definition) is 3. The summed E-state index contributed by atoms with van der Waals surface area (Å²) in [5.74, 6) is 0. The lowest BCUT2D eigenvalue weighted by atomic mass is 9.85. The van der Waals surface area contributed by atoms with E-state index in [1.807, 2.05) is 0 Å². The van der Waals surface area contributed by atoms with Crippen molar-refractivity contribution in [2.24, 2.45) is 5.41 Å². The second-order valence-electron chi connectivity index (χ2n) is 6.12. The molecule has 0 aromatic rings. The van der Waals surface area contributed by atoms with Gasteiger partial charge in [-0.25, -0.2) is 0 Å².